The number of benzene rings is 1. The van der Waals surface area contributed by atoms with Gasteiger partial charge >= 0.3 is 0 Å². The van der Waals surface area contributed by atoms with E-state index in [0.717, 1.165) is 10.3 Å². The third kappa shape index (κ3) is 5.26. The first-order chi connectivity index (χ1) is 10.0. The minimum Gasteiger partial charge on any atom is -0.340 e. The summed E-state index contributed by atoms with van der Waals surface area (Å²) in [5.41, 5.74) is 1.22. The van der Waals surface area contributed by atoms with Crippen molar-refractivity contribution in [2.75, 3.05) is 20.6 Å². The fourth-order valence-electron chi connectivity index (χ4n) is 2.06. The van der Waals surface area contributed by atoms with Crippen molar-refractivity contribution >= 4 is 33.2 Å². The number of nitrogens with zero attached hydrogens (tertiary/aromatic N) is 2. The average molecular weight is 367 g/mol. The van der Waals surface area contributed by atoms with Crippen LogP contribution in [0.15, 0.2) is 46.3 Å². The highest BCUT2D eigenvalue weighted by molar-refractivity contribution is 9.11. The van der Waals surface area contributed by atoms with Gasteiger partial charge in [0.1, 0.15) is 0 Å². The lowest BCUT2D eigenvalue weighted by Crippen LogP contribution is -2.35. The number of likely N-dealkylation sites (N-methyl/N-ethyl adjacent to an activating group) is 2. The molecule has 1 amide bonds. The average Bonchev–Trinajstić information content (AvgIpc) is 2.85. The zero-order valence-corrected chi connectivity index (χ0v) is 14.7. The molecule has 0 saturated heterocycles. The number of thiophene rings is 1. The van der Waals surface area contributed by atoms with Crippen molar-refractivity contribution in [2.45, 2.75) is 13.1 Å². The first-order valence-electron chi connectivity index (χ1n) is 6.75. The van der Waals surface area contributed by atoms with Crippen LogP contribution in [-0.4, -0.2) is 36.3 Å². The number of amides is 1. The Morgan fingerprint density at radius 2 is 1.81 bits per heavy atom. The Hall–Kier alpha value is -1.17. The first-order valence-corrected chi connectivity index (χ1v) is 8.36. The Morgan fingerprint density at radius 3 is 2.43 bits per heavy atom. The maximum Gasteiger partial charge on any atom is 0.236 e. The summed E-state index contributed by atoms with van der Waals surface area (Å²) in [6.45, 7) is 1.87. The van der Waals surface area contributed by atoms with E-state index in [0.29, 0.717) is 13.1 Å². The molecule has 2 aromatic rings. The van der Waals surface area contributed by atoms with Gasteiger partial charge in [0.15, 0.2) is 0 Å². The molecule has 0 fully saturated rings. The summed E-state index contributed by atoms with van der Waals surface area (Å²) in [4.78, 5) is 17.2. The van der Waals surface area contributed by atoms with Gasteiger partial charge in [-0.2, -0.15) is 0 Å². The maximum atomic E-state index is 12.2. The third-order valence-corrected chi connectivity index (χ3v) is 4.76. The largest absolute Gasteiger partial charge is 0.340 e. The van der Waals surface area contributed by atoms with Gasteiger partial charge in [-0.25, -0.2) is 0 Å². The molecule has 21 heavy (non-hydrogen) atoms. The second kappa shape index (κ2) is 7.73. The van der Waals surface area contributed by atoms with Gasteiger partial charge in [-0.05, 0) is 40.7 Å². The van der Waals surface area contributed by atoms with Crippen molar-refractivity contribution in [3.05, 3.63) is 56.7 Å². The Kier molecular flexibility index (Phi) is 5.96. The molecule has 0 aliphatic carbocycles. The van der Waals surface area contributed by atoms with Crippen LogP contribution in [0.2, 0.25) is 0 Å². The smallest absolute Gasteiger partial charge is 0.236 e. The molecule has 0 spiro atoms. The normalized spacial score (nSPS) is 10.9. The van der Waals surface area contributed by atoms with Crippen molar-refractivity contribution in [1.29, 1.82) is 0 Å². The molecule has 0 N–H and O–H groups in total. The summed E-state index contributed by atoms with van der Waals surface area (Å²) < 4.78 is 1.10. The SMILES string of the molecule is CN(CC(=O)N(C)Cc1ccc(Br)s1)Cc1ccccc1. The molecule has 1 heterocycles. The van der Waals surface area contributed by atoms with Gasteiger partial charge in [0, 0.05) is 18.5 Å². The molecular formula is C16H19BrN2OS. The van der Waals surface area contributed by atoms with E-state index in [4.69, 9.17) is 0 Å². The Morgan fingerprint density at radius 1 is 1.10 bits per heavy atom. The highest BCUT2D eigenvalue weighted by Gasteiger charge is 2.13. The lowest BCUT2D eigenvalue weighted by Gasteiger charge is -2.21. The van der Waals surface area contributed by atoms with Gasteiger partial charge in [0.25, 0.3) is 0 Å². The molecule has 0 saturated carbocycles. The summed E-state index contributed by atoms with van der Waals surface area (Å²) in [6.07, 6.45) is 0. The van der Waals surface area contributed by atoms with E-state index in [1.807, 2.05) is 49.3 Å². The van der Waals surface area contributed by atoms with Crippen LogP contribution in [0.1, 0.15) is 10.4 Å². The van der Waals surface area contributed by atoms with Crippen LogP contribution in [-0.2, 0) is 17.9 Å². The third-order valence-electron chi connectivity index (χ3n) is 3.15. The lowest BCUT2D eigenvalue weighted by atomic mass is 10.2. The van der Waals surface area contributed by atoms with Crippen molar-refractivity contribution in [3.63, 3.8) is 0 Å². The molecule has 112 valence electrons. The topological polar surface area (TPSA) is 23.6 Å². The summed E-state index contributed by atoms with van der Waals surface area (Å²) in [5, 5.41) is 0. The van der Waals surface area contributed by atoms with E-state index in [1.54, 1.807) is 16.2 Å². The fourth-order valence-corrected chi connectivity index (χ4v) is 3.60. The van der Waals surface area contributed by atoms with E-state index in [9.17, 15) is 4.79 Å². The summed E-state index contributed by atoms with van der Waals surface area (Å²) in [5.74, 6) is 0.137. The summed E-state index contributed by atoms with van der Waals surface area (Å²) >= 11 is 5.11. The van der Waals surface area contributed by atoms with Crippen LogP contribution in [0, 0.1) is 0 Å². The summed E-state index contributed by atoms with van der Waals surface area (Å²) in [6, 6.07) is 14.3. The number of carbonyl (C=O) groups excluding carboxylic acids is 1. The Balaban J connectivity index is 1.82. The van der Waals surface area contributed by atoms with Crippen LogP contribution in [0.4, 0.5) is 0 Å². The number of halogens is 1. The molecule has 0 aliphatic heterocycles. The quantitative estimate of drug-likeness (QED) is 0.779. The van der Waals surface area contributed by atoms with Crippen LogP contribution >= 0.6 is 27.3 Å². The Bertz CT molecular complexity index is 585. The summed E-state index contributed by atoms with van der Waals surface area (Å²) in [7, 11) is 3.83. The first kappa shape index (κ1) is 16.2. The van der Waals surface area contributed by atoms with Gasteiger partial charge in [-0.15, -0.1) is 11.3 Å². The van der Waals surface area contributed by atoms with Crippen LogP contribution in [0.25, 0.3) is 0 Å². The van der Waals surface area contributed by atoms with Crippen LogP contribution in [0.3, 0.4) is 0 Å². The molecule has 0 aliphatic rings. The molecule has 1 aromatic heterocycles. The second-order valence-electron chi connectivity index (χ2n) is 5.11. The van der Waals surface area contributed by atoms with Gasteiger partial charge in [0.05, 0.1) is 16.9 Å². The zero-order chi connectivity index (χ0) is 15.2. The van der Waals surface area contributed by atoms with E-state index >= 15 is 0 Å². The van der Waals surface area contributed by atoms with E-state index in [2.05, 4.69) is 28.1 Å². The molecule has 2 rings (SSSR count). The van der Waals surface area contributed by atoms with E-state index in [1.165, 1.54) is 10.4 Å². The van der Waals surface area contributed by atoms with Crippen molar-refractivity contribution in [3.8, 4) is 0 Å². The molecule has 1 aromatic carbocycles. The van der Waals surface area contributed by atoms with Crippen LogP contribution < -0.4 is 0 Å². The van der Waals surface area contributed by atoms with Gasteiger partial charge in [-0.1, -0.05) is 30.3 Å². The monoisotopic (exact) mass is 366 g/mol. The zero-order valence-electron chi connectivity index (χ0n) is 12.3. The number of rotatable bonds is 6. The van der Waals surface area contributed by atoms with Crippen molar-refractivity contribution in [2.24, 2.45) is 0 Å². The van der Waals surface area contributed by atoms with E-state index in [-0.39, 0.29) is 5.91 Å². The molecule has 0 unspecified atom stereocenters. The molecule has 5 heteroatoms. The molecule has 0 atom stereocenters. The lowest BCUT2D eigenvalue weighted by molar-refractivity contribution is -0.131. The molecule has 0 radical (unpaired) electrons. The van der Waals surface area contributed by atoms with Gasteiger partial charge in [-0.3, -0.25) is 9.69 Å². The second-order valence-corrected chi connectivity index (χ2v) is 7.66. The van der Waals surface area contributed by atoms with Crippen LogP contribution in [0.5, 0.6) is 0 Å². The fraction of sp³-hybridized carbons (Fsp3) is 0.312. The number of carbonyl (C=O) groups is 1. The number of hydrogen-bond acceptors (Lipinski definition) is 3. The van der Waals surface area contributed by atoms with Crippen molar-refractivity contribution in [1.82, 2.24) is 9.80 Å². The predicted molar refractivity (Wildman–Crippen MR) is 91.3 cm³/mol. The van der Waals surface area contributed by atoms with Gasteiger partial charge in [0.2, 0.25) is 5.91 Å². The van der Waals surface area contributed by atoms with E-state index < -0.39 is 0 Å². The maximum absolute atomic E-state index is 12.2. The minimum absolute atomic E-state index is 0.137. The highest BCUT2D eigenvalue weighted by atomic mass is 79.9. The van der Waals surface area contributed by atoms with Crippen molar-refractivity contribution < 1.29 is 4.79 Å². The molecular weight excluding hydrogens is 348 g/mol. The Labute approximate surface area is 138 Å². The van der Waals surface area contributed by atoms with Gasteiger partial charge < -0.3 is 4.90 Å². The predicted octanol–water partition coefficient (Wildman–Crippen LogP) is 3.60. The standard InChI is InChI=1S/C16H19BrN2OS/c1-18(10-13-6-4-3-5-7-13)12-16(20)19(2)11-14-8-9-15(17)21-14/h3-9H,10-12H2,1-2H3. The minimum atomic E-state index is 0.137. The molecule has 0 bridgehead atoms. The number of hydrogen-bond donors (Lipinski definition) is 0. The highest BCUT2D eigenvalue weighted by Crippen LogP contribution is 2.23. The molecule has 3 nitrogen and oxygen atoms in total.